The van der Waals surface area contributed by atoms with E-state index >= 15 is 0 Å². The van der Waals surface area contributed by atoms with Crippen molar-refractivity contribution < 1.29 is 9.32 Å². The summed E-state index contributed by atoms with van der Waals surface area (Å²) in [6.45, 7) is 6.33. The number of nitrogens with two attached hydrogens (primary N) is 1. The molecule has 0 aromatic carbocycles. The Labute approximate surface area is 135 Å². The number of nitrogens with zero attached hydrogens (tertiary/aromatic N) is 2. The number of fused-ring (bicyclic) bond motifs is 1. The van der Waals surface area contributed by atoms with Crippen LogP contribution in [0.25, 0.3) is 11.1 Å². The van der Waals surface area contributed by atoms with Gasteiger partial charge in [0.15, 0.2) is 0 Å². The average Bonchev–Trinajstić information content (AvgIpc) is 3.36. The van der Waals surface area contributed by atoms with E-state index in [-0.39, 0.29) is 11.4 Å². The highest BCUT2D eigenvalue weighted by atomic mass is 16.5. The first-order chi connectivity index (χ1) is 11.0. The van der Waals surface area contributed by atoms with Gasteiger partial charge in [0.25, 0.3) is 11.6 Å². The van der Waals surface area contributed by atoms with Gasteiger partial charge in [-0.1, -0.05) is 19.0 Å². The lowest BCUT2D eigenvalue weighted by Crippen LogP contribution is -2.52. The van der Waals surface area contributed by atoms with Gasteiger partial charge in [0.05, 0.1) is 22.2 Å². The van der Waals surface area contributed by atoms with E-state index in [2.05, 4.69) is 15.5 Å². The average molecular weight is 316 g/mol. The minimum atomic E-state index is -0.377. The Balaban J connectivity index is 2.03. The zero-order chi connectivity index (χ0) is 16.6. The topological polar surface area (TPSA) is 94.0 Å². The van der Waals surface area contributed by atoms with E-state index in [0.717, 1.165) is 31.4 Å². The highest BCUT2D eigenvalue weighted by Crippen LogP contribution is 2.40. The molecule has 1 saturated carbocycles. The summed E-state index contributed by atoms with van der Waals surface area (Å²) in [6.07, 6.45) is 3.81. The molecule has 0 aliphatic heterocycles. The van der Waals surface area contributed by atoms with Crippen molar-refractivity contribution in [3.05, 3.63) is 23.0 Å². The standard InChI is InChI=1S/C17H24N4O2/c1-4-17(5-2,9-18)20-15(22)12-8-13(11-6-7-11)19-16-14(12)10(3)21-23-16/h8,11H,4-7,9,18H2,1-3H3,(H,20,22). The summed E-state index contributed by atoms with van der Waals surface area (Å²) in [6, 6.07) is 1.89. The summed E-state index contributed by atoms with van der Waals surface area (Å²) in [5.74, 6) is 0.313. The van der Waals surface area contributed by atoms with E-state index in [9.17, 15) is 4.79 Å². The first kappa shape index (κ1) is 15.9. The van der Waals surface area contributed by atoms with Crippen LogP contribution in [0.3, 0.4) is 0 Å². The van der Waals surface area contributed by atoms with Crippen LogP contribution in [0.15, 0.2) is 10.6 Å². The molecule has 2 aromatic heterocycles. The summed E-state index contributed by atoms with van der Waals surface area (Å²) in [7, 11) is 0. The van der Waals surface area contributed by atoms with Gasteiger partial charge in [-0.2, -0.15) is 0 Å². The third kappa shape index (κ3) is 2.83. The molecular weight excluding hydrogens is 292 g/mol. The number of amides is 1. The Morgan fingerprint density at radius 3 is 2.70 bits per heavy atom. The summed E-state index contributed by atoms with van der Waals surface area (Å²) >= 11 is 0. The molecule has 0 radical (unpaired) electrons. The highest BCUT2D eigenvalue weighted by molar-refractivity contribution is 6.06. The van der Waals surface area contributed by atoms with Crippen LogP contribution in [0.4, 0.5) is 0 Å². The fraction of sp³-hybridized carbons (Fsp3) is 0.588. The zero-order valence-corrected chi connectivity index (χ0v) is 14.0. The number of nitrogens with one attached hydrogen (secondary N) is 1. The van der Waals surface area contributed by atoms with Crippen molar-refractivity contribution in [2.75, 3.05) is 6.54 Å². The van der Waals surface area contributed by atoms with Crippen molar-refractivity contribution in [3.63, 3.8) is 0 Å². The Morgan fingerprint density at radius 1 is 1.43 bits per heavy atom. The van der Waals surface area contributed by atoms with Crippen molar-refractivity contribution in [3.8, 4) is 0 Å². The highest BCUT2D eigenvalue weighted by Gasteiger charge is 2.31. The molecule has 0 spiro atoms. The second kappa shape index (κ2) is 5.92. The van der Waals surface area contributed by atoms with Gasteiger partial charge in [0, 0.05) is 18.2 Å². The number of carbonyl (C=O) groups is 1. The molecule has 6 heteroatoms. The predicted octanol–water partition coefficient (Wildman–Crippen LogP) is 2.66. The lowest BCUT2D eigenvalue weighted by molar-refractivity contribution is 0.0896. The molecule has 0 saturated heterocycles. The summed E-state index contributed by atoms with van der Waals surface area (Å²) < 4.78 is 5.30. The summed E-state index contributed by atoms with van der Waals surface area (Å²) in [4.78, 5) is 17.5. The van der Waals surface area contributed by atoms with Gasteiger partial charge in [-0.25, -0.2) is 4.98 Å². The number of pyridine rings is 1. The maximum Gasteiger partial charge on any atom is 0.259 e. The quantitative estimate of drug-likeness (QED) is 0.854. The molecule has 0 unspecified atom stereocenters. The Morgan fingerprint density at radius 2 is 2.13 bits per heavy atom. The number of carbonyl (C=O) groups excluding carboxylic acids is 1. The monoisotopic (exact) mass is 316 g/mol. The summed E-state index contributed by atoms with van der Waals surface area (Å²) in [5.41, 5.74) is 8.18. The van der Waals surface area contributed by atoms with Crippen LogP contribution in [0.2, 0.25) is 0 Å². The number of rotatable bonds is 6. The van der Waals surface area contributed by atoms with E-state index in [0.29, 0.717) is 34.8 Å². The number of hydrogen-bond acceptors (Lipinski definition) is 5. The molecule has 23 heavy (non-hydrogen) atoms. The minimum absolute atomic E-state index is 0.125. The second-order valence-corrected chi connectivity index (χ2v) is 6.46. The third-order valence-corrected chi connectivity index (χ3v) is 5.00. The van der Waals surface area contributed by atoms with E-state index in [1.807, 2.05) is 26.8 Å². The molecule has 3 rings (SSSR count). The second-order valence-electron chi connectivity index (χ2n) is 6.46. The normalized spacial score (nSPS) is 15.1. The van der Waals surface area contributed by atoms with Gasteiger partial charge >= 0.3 is 0 Å². The van der Waals surface area contributed by atoms with Crippen LogP contribution in [-0.2, 0) is 0 Å². The largest absolute Gasteiger partial charge is 0.345 e. The van der Waals surface area contributed by atoms with E-state index in [1.165, 1.54) is 0 Å². The van der Waals surface area contributed by atoms with Crippen molar-refractivity contribution in [2.45, 2.75) is 57.9 Å². The lowest BCUT2D eigenvalue weighted by atomic mass is 9.92. The van der Waals surface area contributed by atoms with E-state index in [1.54, 1.807) is 0 Å². The first-order valence-corrected chi connectivity index (χ1v) is 8.33. The van der Waals surface area contributed by atoms with Crippen LogP contribution in [0.5, 0.6) is 0 Å². The number of hydrogen-bond donors (Lipinski definition) is 2. The van der Waals surface area contributed by atoms with Crippen molar-refractivity contribution >= 4 is 17.0 Å². The molecule has 0 atom stereocenters. The number of aryl methyl sites for hydroxylation is 1. The maximum absolute atomic E-state index is 12.9. The van der Waals surface area contributed by atoms with Crippen LogP contribution in [0.1, 0.15) is 67.2 Å². The third-order valence-electron chi connectivity index (χ3n) is 5.00. The van der Waals surface area contributed by atoms with Crippen LogP contribution >= 0.6 is 0 Å². The Bertz CT molecular complexity index is 721. The van der Waals surface area contributed by atoms with E-state index < -0.39 is 0 Å². The maximum atomic E-state index is 12.9. The van der Waals surface area contributed by atoms with Crippen molar-refractivity contribution in [1.29, 1.82) is 0 Å². The SMILES string of the molecule is CCC(CC)(CN)NC(=O)c1cc(C2CC2)nc2onc(C)c12. The zero-order valence-electron chi connectivity index (χ0n) is 14.0. The molecule has 1 fully saturated rings. The molecule has 1 aliphatic carbocycles. The fourth-order valence-electron chi connectivity index (χ4n) is 2.96. The first-order valence-electron chi connectivity index (χ1n) is 8.33. The van der Waals surface area contributed by atoms with Crippen molar-refractivity contribution in [1.82, 2.24) is 15.5 Å². The van der Waals surface area contributed by atoms with Gasteiger partial charge in [0.1, 0.15) is 0 Å². The molecule has 124 valence electrons. The Hall–Kier alpha value is -1.95. The molecule has 0 bridgehead atoms. The number of aromatic nitrogens is 2. The predicted molar refractivity (Wildman–Crippen MR) is 88.3 cm³/mol. The molecule has 2 aromatic rings. The smallest absolute Gasteiger partial charge is 0.259 e. The summed E-state index contributed by atoms with van der Waals surface area (Å²) in [5, 5.41) is 7.80. The van der Waals surface area contributed by atoms with E-state index in [4.69, 9.17) is 10.3 Å². The fourth-order valence-corrected chi connectivity index (χ4v) is 2.96. The van der Waals surface area contributed by atoms with Crippen LogP contribution < -0.4 is 11.1 Å². The van der Waals surface area contributed by atoms with Gasteiger partial charge in [-0.3, -0.25) is 4.79 Å². The minimum Gasteiger partial charge on any atom is -0.345 e. The van der Waals surface area contributed by atoms with Crippen LogP contribution in [-0.4, -0.2) is 28.1 Å². The molecule has 1 aliphatic rings. The van der Waals surface area contributed by atoms with Crippen molar-refractivity contribution in [2.24, 2.45) is 5.73 Å². The molecule has 3 N–H and O–H groups in total. The Kier molecular flexibility index (Phi) is 4.10. The van der Waals surface area contributed by atoms with Gasteiger partial charge < -0.3 is 15.6 Å². The van der Waals surface area contributed by atoms with Gasteiger partial charge in [0.2, 0.25) is 0 Å². The molecule has 2 heterocycles. The van der Waals surface area contributed by atoms with Crippen LogP contribution in [0, 0.1) is 6.92 Å². The van der Waals surface area contributed by atoms with Gasteiger partial charge in [-0.05, 0) is 38.7 Å². The molecular formula is C17H24N4O2. The molecule has 6 nitrogen and oxygen atoms in total. The van der Waals surface area contributed by atoms with Gasteiger partial charge in [-0.15, -0.1) is 0 Å². The lowest BCUT2D eigenvalue weighted by Gasteiger charge is -2.31. The molecule has 1 amide bonds.